The van der Waals surface area contributed by atoms with Gasteiger partial charge in [-0.1, -0.05) is 65.7 Å². The number of nitrogens with zero attached hydrogens (tertiary/aromatic N) is 6. The fourth-order valence-electron chi connectivity index (χ4n) is 4.19. The number of pyridine rings is 1. The fourth-order valence-corrected chi connectivity index (χ4v) is 4.80. The molecule has 3 heterocycles. The highest BCUT2D eigenvalue weighted by molar-refractivity contribution is 7.85. The summed E-state index contributed by atoms with van der Waals surface area (Å²) in [6.45, 7) is 4.31. The number of aryl methyl sites for hydroxylation is 2. The average molecular weight is 573 g/mol. The van der Waals surface area contributed by atoms with E-state index in [1.54, 1.807) is 18.3 Å². The standard InChI is InChI=1S/C22H17ClN6.C7H8O3S/c1-15-25-26-22-28(14-16-5-4-12-24-13-16)27-21(17-8-10-18(23)11-9-17)19-6-2-3-7-20(19)29(15)22;1-6-2-4-7(5-3-6)11(8,9)10/h2-13H,14H2,1H3;2-5H,1H3,(H,8,9,10). The topological polar surface area (TPSA) is 114 Å². The van der Waals surface area contributed by atoms with E-state index in [1.807, 2.05) is 78.2 Å². The van der Waals surface area contributed by atoms with Crippen LogP contribution in [0.2, 0.25) is 5.02 Å². The molecule has 0 bridgehead atoms. The molecular weight excluding hydrogens is 548 g/mol. The minimum Gasteiger partial charge on any atom is -0.282 e. The van der Waals surface area contributed by atoms with Gasteiger partial charge in [-0.15, -0.1) is 10.2 Å². The third kappa shape index (κ3) is 5.94. The maximum atomic E-state index is 10.5. The lowest BCUT2D eigenvalue weighted by molar-refractivity contribution is 0.483. The third-order valence-electron chi connectivity index (χ3n) is 6.15. The van der Waals surface area contributed by atoms with E-state index in [9.17, 15) is 8.42 Å². The molecular formula is C29H25ClN6O3S. The molecule has 0 saturated heterocycles. The Morgan fingerprint density at radius 2 is 1.60 bits per heavy atom. The molecule has 5 aromatic rings. The van der Waals surface area contributed by atoms with Crippen molar-refractivity contribution in [2.24, 2.45) is 5.10 Å². The van der Waals surface area contributed by atoms with Crippen LogP contribution in [0.25, 0.3) is 5.69 Å². The van der Waals surface area contributed by atoms with Crippen LogP contribution in [0, 0.1) is 13.8 Å². The zero-order valence-electron chi connectivity index (χ0n) is 21.7. The van der Waals surface area contributed by atoms with Crippen LogP contribution < -0.4 is 5.01 Å². The predicted molar refractivity (Wildman–Crippen MR) is 155 cm³/mol. The highest BCUT2D eigenvalue weighted by Gasteiger charge is 2.26. The van der Waals surface area contributed by atoms with Crippen molar-refractivity contribution in [1.82, 2.24) is 19.7 Å². The van der Waals surface area contributed by atoms with E-state index in [0.717, 1.165) is 39.5 Å². The van der Waals surface area contributed by atoms with Crippen LogP contribution in [-0.4, -0.2) is 38.4 Å². The molecule has 0 saturated carbocycles. The summed E-state index contributed by atoms with van der Waals surface area (Å²) in [6, 6.07) is 25.8. The molecule has 202 valence electrons. The highest BCUT2D eigenvalue weighted by Crippen LogP contribution is 2.30. The van der Waals surface area contributed by atoms with Gasteiger partial charge in [0.15, 0.2) is 0 Å². The first-order valence-corrected chi connectivity index (χ1v) is 14.1. The summed E-state index contributed by atoms with van der Waals surface area (Å²) in [6.07, 6.45) is 3.60. The quantitative estimate of drug-likeness (QED) is 0.277. The number of aromatic nitrogens is 4. The van der Waals surface area contributed by atoms with Gasteiger partial charge in [-0.3, -0.25) is 14.1 Å². The molecule has 0 unspecified atom stereocenters. The molecule has 0 amide bonds. The minimum absolute atomic E-state index is 0.0666. The SMILES string of the molecule is Cc1ccc(S(=O)(=O)O)cc1.Cc1nnc2n1-c1ccccc1C(c1ccc(Cl)cc1)=NN2Cc1cccnc1. The molecule has 0 atom stereocenters. The van der Waals surface area contributed by atoms with Crippen LogP contribution in [0.15, 0.2) is 107 Å². The van der Waals surface area contributed by atoms with Crippen LogP contribution in [0.5, 0.6) is 0 Å². The number of anilines is 1. The van der Waals surface area contributed by atoms with Crippen molar-refractivity contribution < 1.29 is 13.0 Å². The Hall–Kier alpha value is -4.38. The molecule has 9 nitrogen and oxygen atoms in total. The van der Waals surface area contributed by atoms with Gasteiger partial charge in [0.05, 0.1) is 17.1 Å². The molecule has 3 aromatic carbocycles. The lowest BCUT2D eigenvalue weighted by atomic mass is 10.0. The van der Waals surface area contributed by atoms with Gasteiger partial charge in [0.1, 0.15) is 11.5 Å². The Labute approximate surface area is 237 Å². The van der Waals surface area contributed by atoms with Crippen molar-refractivity contribution in [3.05, 3.63) is 130 Å². The lowest BCUT2D eigenvalue weighted by Crippen LogP contribution is -2.20. The zero-order chi connectivity index (χ0) is 28.3. The van der Waals surface area contributed by atoms with Gasteiger partial charge in [-0.2, -0.15) is 13.5 Å². The Morgan fingerprint density at radius 1 is 0.875 bits per heavy atom. The maximum absolute atomic E-state index is 10.5. The molecule has 2 aromatic heterocycles. The summed E-state index contributed by atoms with van der Waals surface area (Å²) >= 11 is 6.12. The van der Waals surface area contributed by atoms with Crippen LogP contribution in [0.4, 0.5) is 5.95 Å². The van der Waals surface area contributed by atoms with E-state index in [1.165, 1.54) is 12.1 Å². The number of para-hydroxylation sites is 1. The normalized spacial score (nSPS) is 12.4. The Kier molecular flexibility index (Phi) is 7.74. The Morgan fingerprint density at radius 3 is 2.27 bits per heavy atom. The van der Waals surface area contributed by atoms with Gasteiger partial charge in [-0.05, 0) is 55.8 Å². The molecule has 40 heavy (non-hydrogen) atoms. The molecule has 0 spiro atoms. The minimum atomic E-state index is -4.02. The lowest BCUT2D eigenvalue weighted by Gasteiger charge is -2.17. The van der Waals surface area contributed by atoms with Gasteiger partial charge >= 0.3 is 0 Å². The van der Waals surface area contributed by atoms with Crippen molar-refractivity contribution >= 4 is 33.4 Å². The number of halogens is 1. The number of hydrogen-bond acceptors (Lipinski definition) is 7. The number of fused-ring (bicyclic) bond motifs is 3. The molecule has 1 N–H and O–H groups in total. The Bertz CT molecular complexity index is 1770. The first-order valence-electron chi connectivity index (χ1n) is 12.3. The number of hydrazone groups is 1. The van der Waals surface area contributed by atoms with Gasteiger partial charge in [0.2, 0.25) is 0 Å². The van der Waals surface area contributed by atoms with E-state index >= 15 is 0 Å². The van der Waals surface area contributed by atoms with Crippen molar-refractivity contribution in [3.63, 3.8) is 0 Å². The third-order valence-corrected chi connectivity index (χ3v) is 7.27. The summed E-state index contributed by atoms with van der Waals surface area (Å²) in [7, 11) is -4.02. The molecule has 0 fully saturated rings. The van der Waals surface area contributed by atoms with Crippen molar-refractivity contribution in [2.75, 3.05) is 5.01 Å². The van der Waals surface area contributed by atoms with E-state index in [-0.39, 0.29) is 4.90 Å². The summed E-state index contributed by atoms with van der Waals surface area (Å²) < 4.78 is 31.6. The monoisotopic (exact) mass is 572 g/mol. The van der Waals surface area contributed by atoms with Crippen LogP contribution in [0.3, 0.4) is 0 Å². The van der Waals surface area contributed by atoms with E-state index < -0.39 is 10.1 Å². The molecule has 6 rings (SSSR count). The van der Waals surface area contributed by atoms with Crippen molar-refractivity contribution in [3.8, 4) is 5.69 Å². The fraction of sp³-hybridized carbons (Fsp3) is 0.103. The van der Waals surface area contributed by atoms with Gasteiger partial charge in [0, 0.05) is 28.5 Å². The molecule has 11 heteroatoms. The second-order valence-electron chi connectivity index (χ2n) is 9.06. The highest BCUT2D eigenvalue weighted by atomic mass is 35.5. The van der Waals surface area contributed by atoms with Crippen molar-refractivity contribution in [2.45, 2.75) is 25.3 Å². The number of benzene rings is 3. The summed E-state index contributed by atoms with van der Waals surface area (Å²) in [5, 5.41) is 16.3. The first-order chi connectivity index (χ1) is 19.2. The Balaban J connectivity index is 0.000000248. The largest absolute Gasteiger partial charge is 0.294 e. The van der Waals surface area contributed by atoms with E-state index in [4.69, 9.17) is 21.3 Å². The van der Waals surface area contributed by atoms with Crippen LogP contribution >= 0.6 is 11.6 Å². The smallest absolute Gasteiger partial charge is 0.282 e. The molecule has 1 aliphatic rings. The van der Waals surface area contributed by atoms with Crippen LogP contribution in [0.1, 0.15) is 28.1 Å². The molecule has 0 aliphatic carbocycles. The second-order valence-corrected chi connectivity index (χ2v) is 10.9. The summed E-state index contributed by atoms with van der Waals surface area (Å²) in [5.41, 5.74) is 5.82. The van der Waals surface area contributed by atoms with Gasteiger partial charge in [-0.25, -0.2) is 5.01 Å². The van der Waals surface area contributed by atoms with Gasteiger partial charge in [0.25, 0.3) is 16.1 Å². The molecule has 0 radical (unpaired) electrons. The second kappa shape index (κ2) is 11.4. The zero-order valence-corrected chi connectivity index (χ0v) is 23.3. The summed E-state index contributed by atoms with van der Waals surface area (Å²) in [4.78, 5) is 4.16. The molecule has 1 aliphatic heterocycles. The van der Waals surface area contributed by atoms with E-state index in [0.29, 0.717) is 17.5 Å². The number of rotatable bonds is 4. The average Bonchev–Trinajstić information content (AvgIpc) is 3.27. The predicted octanol–water partition coefficient (Wildman–Crippen LogP) is 5.64. The first kappa shape index (κ1) is 27.2. The number of hydrogen-bond donors (Lipinski definition) is 1. The van der Waals surface area contributed by atoms with Gasteiger partial charge < -0.3 is 0 Å². The van der Waals surface area contributed by atoms with Crippen LogP contribution in [-0.2, 0) is 16.7 Å². The summed E-state index contributed by atoms with van der Waals surface area (Å²) in [5.74, 6) is 1.47. The van der Waals surface area contributed by atoms with E-state index in [2.05, 4.69) is 27.3 Å². The van der Waals surface area contributed by atoms with Crippen molar-refractivity contribution in [1.29, 1.82) is 0 Å². The maximum Gasteiger partial charge on any atom is 0.294 e.